The van der Waals surface area contributed by atoms with Crippen LogP contribution in [-0.2, 0) is 14.8 Å². The van der Waals surface area contributed by atoms with Crippen LogP contribution in [-0.4, -0.2) is 48.0 Å². The first-order chi connectivity index (χ1) is 13.5. The van der Waals surface area contributed by atoms with E-state index in [-0.39, 0.29) is 32.8 Å². The second-order valence-corrected chi connectivity index (χ2v) is 9.59. The number of hydrogen-bond acceptors (Lipinski definition) is 9. The third-order valence-electron chi connectivity index (χ3n) is 3.99. The summed E-state index contributed by atoms with van der Waals surface area (Å²) in [6.07, 6.45) is 1.19. The molecule has 0 aliphatic heterocycles. The zero-order valence-electron chi connectivity index (χ0n) is 16.2. The molecule has 0 saturated heterocycles. The fourth-order valence-electron chi connectivity index (χ4n) is 2.58. The first-order valence-electron chi connectivity index (χ1n) is 8.69. The van der Waals surface area contributed by atoms with Crippen molar-refractivity contribution >= 4 is 33.4 Å². The average Bonchev–Trinajstić information content (AvgIpc) is 3.29. The Morgan fingerprint density at radius 1 is 1.34 bits per heavy atom. The smallest absolute Gasteiger partial charge is 0.360 e. The predicted molar refractivity (Wildman–Crippen MR) is 102 cm³/mol. The number of aromatic nitrogens is 3. The summed E-state index contributed by atoms with van der Waals surface area (Å²) in [6.45, 7) is 4.96. The van der Waals surface area contributed by atoms with Crippen LogP contribution >= 0.6 is 11.3 Å². The molecule has 1 aliphatic carbocycles. The molecule has 0 radical (unpaired) electrons. The molecule has 1 amide bonds. The van der Waals surface area contributed by atoms with E-state index >= 15 is 0 Å². The molecule has 1 saturated carbocycles. The number of amides is 1. The van der Waals surface area contributed by atoms with Gasteiger partial charge in [0.15, 0.2) is 0 Å². The minimum Gasteiger partial charge on any atom is -0.465 e. The lowest BCUT2D eigenvalue weighted by atomic mass is 10.4. The topological polar surface area (TPSA) is 139 Å². The standard InChI is InChI=1S/C16H20N4O7S2/c1-8(2)27-15-17-20(16(23)19(15)10-5-6-10)14(22)18-29(24,25)12-7-11(13(21)26-4)28-9(12)3/h7-8,10H,5-6H2,1-4H3,(H,18,22). The maximum atomic E-state index is 12.6. The van der Waals surface area contributed by atoms with E-state index in [1.807, 2.05) is 4.72 Å². The molecular formula is C16H20N4O7S2. The van der Waals surface area contributed by atoms with Crippen LogP contribution in [0.4, 0.5) is 4.79 Å². The van der Waals surface area contributed by atoms with Crippen LogP contribution in [0.3, 0.4) is 0 Å². The van der Waals surface area contributed by atoms with Gasteiger partial charge >= 0.3 is 23.7 Å². The fraction of sp³-hybridized carbons (Fsp3) is 0.500. The molecule has 2 aromatic heterocycles. The maximum Gasteiger partial charge on any atom is 0.360 e. The summed E-state index contributed by atoms with van der Waals surface area (Å²) in [5, 5.41) is 3.85. The van der Waals surface area contributed by atoms with Gasteiger partial charge in [-0.25, -0.2) is 32.1 Å². The molecule has 1 N–H and O–H groups in total. The third-order valence-corrected chi connectivity index (χ3v) is 6.60. The number of nitrogens with one attached hydrogen (secondary N) is 1. The van der Waals surface area contributed by atoms with Gasteiger partial charge in [-0.1, -0.05) is 0 Å². The van der Waals surface area contributed by atoms with Crippen molar-refractivity contribution in [2.75, 3.05) is 7.11 Å². The Kier molecular flexibility index (Phi) is 5.54. The van der Waals surface area contributed by atoms with Gasteiger partial charge in [-0.2, -0.15) is 0 Å². The highest BCUT2D eigenvalue weighted by Crippen LogP contribution is 2.36. The summed E-state index contributed by atoms with van der Waals surface area (Å²) in [6, 6.07) is -0.301. The number of methoxy groups -OCH3 is 1. The second kappa shape index (κ2) is 7.63. The highest BCUT2D eigenvalue weighted by atomic mass is 32.2. The number of hydrogen-bond donors (Lipinski definition) is 1. The van der Waals surface area contributed by atoms with E-state index in [4.69, 9.17) is 4.74 Å². The number of nitrogens with zero attached hydrogens (tertiary/aromatic N) is 3. The van der Waals surface area contributed by atoms with E-state index in [0.29, 0.717) is 4.68 Å². The van der Waals surface area contributed by atoms with Crippen molar-refractivity contribution in [3.05, 3.63) is 26.3 Å². The minimum atomic E-state index is -4.35. The van der Waals surface area contributed by atoms with Crippen LogP contribution in [0.15, 0.2) is 15.8 Å². The van der Waals surface area contributed by atoms with Gasteiger partial charge in [-0.15, -0.1) is 21.1 Å². The molecule has 1 fully saturated rings. The molecule has 0 spiro atoms. The summed E-state index contributed by atoms with van der Waals surface area (Å²) < 4.78 is 38.8. The number of thiophene rings is 1. The van der Waals surface area contributed by atoms with Crippen molar-refractivity contribution in [1.82, 2.24) is 19.1 Å². The Labute approximate surface area is 170 Å². The highest BCUT2D eigenvalue weighted by molar-refractivity contribution is 7.90. The number of esters is 1. The quantitative estimate of drug-likeness (QED) is 0.657. The largest absolute Gasteiger partial charge is 0.465 e. The van der Waals surface area contributed by atoms with Gasteiger partial charge < -0.3 is 9.47 Å². The Balaban J connectivity index is 1.91. The van der Waals surface area contributed by atoms with Crippen LogP contribution < -0.4 is 15.1 Å². The van der Waals surface area contributed by atoms with Crippen molar-refractivity contribution in [2.45, 2.75) is 50.7 Å². The molecule has 2 heterocycles. The highest BCUT2D eigenvalue weighted by Gasteiger charge is 2.34. The average molecular weight is 444 g/mol. The van der Waals surface area contributed by atoms with Gasteiger partial charge in [0.1, 0.15) is 9.77 Å². The number of ether oxygens (including phenoxy) is 2. The third kappa shape index (κ3) is 4.19. The molecule has 0 unspecified atom stereocenters. The summed E-state index contributed by atoms with van der Waals surface area (Å²) in [7, 11) is -3.18. The van der Waals surface area contributed by atoms with Crippen LogP contribution in [0.25, 0.3) is 0 Å². The van der Waals surface area contributed by atoms with E-state index in [9.17, 15) is 22.8 Å². The number of sulfonamides is 1. The van der Waals surface area contributed by atoms with Gasteiger partial charge in [0, 0.05) is 10.9 Å². The van der Waals surface area contributed by atoms with Gasteiger partial charge in [0.2, 0.25) is 0 Å². The van der Waals surface area contributed by atoms with Gasteiger partial charge in [-0.05, 0) is 39.7 Å². The van der Waals surface area contributed by atoms with Crippen molar-refractivity contribution in [1.29, 1.82) is 0 Å². The Morgan fingerprint density at radius 2 is 2.00 bits per heavy atom. The molecule has 1 aliphatic rings. The molecule has 13 heteroatoms. The van der Waals surface area contributed by atoms with E-state index in [2.05, 4.69) is 9.84 Å². The lowest BCUT2D eigenvalue weighted by molar-refractivity contribution is 0.0606. The van der Waals surface area contributed by atoms with Crippen molar-refractivity contribution < 1.29 is 27.5 Å². The molecule has 3 rings (SSSR count). The fourth-order valence-corrected chi connectivity index (χ4v) is 5.01. The summed E-state index contributed by atoms with van der Waals surface area (Å²) >= 11 is 0.912. The molecule has 11 nitrogen and oxygen atoms in total. The Morgan fingerprint density at radius 3 is 2.55 bits per heavy atom. The number of aryl methyl sites for hydroxylation is 1. The van der Waals surface area contributed by atoms with E-state index < -0.39 is 27.7 Å². The van der Waals surface area contributed by atoms with Gasteiger partial charge in [0.25, 0.3) is 10.0 Å². The molecule has 2 aromatic rings. The van der Waals surface area contributed by atoms with Gasteiger partial charge in [-0.3, -0.25) is 0 Å². The first-order valence-corrected chi connectivity index (χ1v) is 11.0. The lowest BCUT2D eigenvalue weighted by Crippen LogP contribution is -2.40. The predicted octanol–water partition coefficient (Wildman–Crippen LogP) is 1.27. The zero-order valence-corrected chi connectivity index (χ0v) is 17.8. The van der Waals surface area contributed by atoms with E-state index in [1.165, 1.54) is 18.6 Å². The summed E-state index contributed by atoms with van der Waals surface area (Å²) in [5.41, 5.74) is -0.784. The van der Waals surface area contributed by atoms with Gasteiger partial charge in [0.05, 0.1) is 13.2 Å². The summed E-state index contributed by atoms with van der Waals surface area (Å²) in [5.74, 6) is -0.694. The zero-order chi connectivity index (χ0) is 21.5. The minimum absolute atomic E-state index is 0.0419. The van der Waals surface area contributed by atoms with Crippen molar-refractivity contribution in [3.63, 3.8) is 0 Å². The van der Waals surface area contributed by atoms with Crippen LogP contribution in [0.2, 0.25) is 0 Å². The normalized spacial score (nSPS) is 14.1. The molecular weight excluding hydrogens is 424 g/mol. The number of carbonyl (C=O) groups is 2. The molecule has 29 heavy (non-hydrogen) atoms. The SMILES string of the molecule is COC(=O)c1cc(S(=O)(=O)NC(=O)n2nc(OC(C)C)n(C3CC3)c2=O)c(C)s1. The lowest BCUT2D eigenvalue weighted by Gasteiger charge is -2.08. The van der Waals surface area contributed by atoms with E-state index in [1.54, 1.807) is 13.8 Å². The molecule has 0 bridgehead atoms. The van der Waals surface area contributed by atoms with Crippen LogP contribution in [0.5, 0.6) is 6.01 Å². The summed E-state index contributed by atoms with van der Waals surface area (Å²) in [4.78, 5) is 36.8. The van der Waals surface area contributed by atoms with Crippen molar-refractivity contribution in [2.24, 2.45) is 0 Å². The van der Waals surface area contributed by atoms with E-state index in [0.717, 1.165) is 30.2 Å². The molecule has 158 valence electrons. The number of rotatable bonds is 6. The van der Waals surface area contributed by atoms with Crippen LogP contribution in [0.1, 0.15) is 47.3 Å². The number of carbonyl (C=O) groups excluding carboxylic acids is 2. The maximum absolute atomic E-state index is 12.6. The van der Waals surface area contributed by atoms with Crippen molar-refractivity contribution in [3.8, 4) is 6.01 Å². The second-order valence-electron chi connectivity index (χ2n) is 6.68. The Hall–Kier alpha value is -2.67. The monoisotopic (exact) mass is 444 g/mol. The molecule has 0 atom stereocenters. The Bertz CT molecular complexity index is 1120. The first kappa shape index (κ1) is 21.0. The molecule has 0 aromatic carbocycles. The van der Waals surface area contributed by atoms with Crippen LogP contribution in [0, 0.1) is 6.92 Å².